The molecule has 0 aliphatic heterocycles. The number of ether oxygens (including phenoxy) is 1. The van der Waals surface area contributed by atoms with Crippen LogP contribution in [0.2, 0.25) is 20.1 Å². The molecule has 2 rings (SSSR count). The van der Waals surface area contributed by atoms with Gasteiger partial charge in [-0.1, -0.05) is 46.4 Å². The van der Waals surface area contributed by atoms with Crippen molar-refractivity contribution in [3.63, 3.8) is 0 Å². The van der Waals surface area contributed by atoms with Gasteiger partial charge >= 0.3 is 5.97 Å². The summed E-state index contributed by atoms with van der Waals surface area (Å²) in [7, 11) is 0. The summed E-state index contributed by atoms with van der Waals surface area (Å²) in [4.78, 5) is 23.8. The molecule has 2 aromatic carbocycles. The highest BCUT2D eigenvalue weighted by Crippen LogP contribution is 2.28. The van der Waals surface area contributed by atoms with E-state index in [1.54, 1.807) is 0 Å². The van der Waals surface area contributed by atoms with Gasteiger partial charge in [0.25, 0.3) is 5.91 Å². The monoisotopic (exact) mass is 406 g/mol. The average molecular weight is 408 g/mol. The predicted octanol–water partition coefficient (Wildman–Crippen LogP) is 4.68. The van der Waals surface area contributed by atoms with Gasteiger partial charge in [0, 0.05) is 20.8 Å². The van der Waals surface area contributed by atoms with Crippen molar-refractivity contribution in [1.82, 2.24) is 0 Å². The molecule has 0 aliphatic rings. The van der Waals surface area contributed by atoms with Gasteiger partial charge in [-0.25, -0.2) is 4.79 Å². The Morgan fingerprint density at radius 1 is 0.958 bits per heavy atom. The van der Waals surface area contributed by atoms with Crippen molar-refractivity contribution < 1.29 is 14.3 Å². The highest BCUT2D eigenvalue weighted by atomic mass is 35.5. The first-order chi connectivity index (χ1) is 11.3. The molecule has 126 valence electrons. The van der Waals surface area contributed by atoms with Crippen molar-refractivity contribution in [3.8, 4) is 0 Å². The van der Waals surface area contributed by atoms with Crippen LogP contribution >= 0.6 is 46.4 Å². The molecule has 0 heterocycles. The molecule has 0 aromatic heterocycles. The fourth-order valence-corrected chi connectivity index (χ4v) is 2.81. The molecule has 0 spiro atoms. The number of hydrogen-bond acceptors (Lipinski definition) is 4. The van der Waals surface area contributed by atoms with Gasteiger partial charge in [0.2, 0.25) is 0 Å². The van der Waals surface area contributed by atoms with E-state index in [1.165, 1.54) is 30.3 Å². The minimum atomic E-state index is -0.823. The van der Waals surface area contributed by atoms with E-state index in [2.05, 4.69) is 5.32 Å². The zero-order valence-corrected chi connectivity index (χ0v) is 14.9. The van der Waals surface area contributed by atoms with Crippen molar-refractivity contribution in [2.45, 2.75) is 0 Å². The Kier molecular flexibility index (Phi) is 6.18. The Hall–Kier alpha value is -1.66. The predicted molar refractivity (Wildman–Crippen MR) is 96.2 cm³/mol. The first-order valence-corrected chi connectivity index (χ1v) is 7.95. The Bertz CT molecular complexity index is 791. The van der Waals surface area contributed by atoms with Crippen LogP contribution < -0.4 is 11.1 Å². The number of carbonyl (C=O) groups excluding carboxylic acids is 2. The van der Waals surface area contributed by atoms with E-state index in [1.807, 2.05) is 0 Å². The molecule has 0 fully saturated rings. The van der Waals surface area contributed by atoms with Gasteiger partial charge in [0.1, 0.15) is 0 Å². The van der Waals surface area contributed by atoms with E-state index < -0.39 is 18.5 Å². The number of nitrogens with two attached hydrogens (primary N) is 1. The fraction of sp³-hybridized carbons (Fsp3) is 0.0667. The molecule has 0 saturated carbocycles. The first-order valence-electron chi connectivity index (χ1n) is 6.44. The van der Waals surface area contributed by atoms with Crippen LogP contribution in [-0.2, 0) is 9.53 Å². The van der Waals surface area contributed by atoms with Crippen LogP contribution in [0.25, 0.3) is 0 Å². The molecule has 0 radical (unpaired) electrons. The number of rotatable bonds is 4. The van der Waals surface area contributed by atoms with Gasteiger partial charge in [-0.3, -0.25) is 4.79 Å². The van der Waals surface area contributed by atoms with E-state index in [0.29, 0.717) is 15.7 Å². The summed E-state index contributed by atoms with van der Waals surface area (Å²) in [5.41, 5.74) is 6.07. The molecular weight excluding hydrogens is 398 g/mol. The lowest BCUT2D eigenvalue weighted by Gasteiger charge is -2.09. The molecule has 2 aromatic rings. The van der Waals surface area contributed by atoms with E-state index in [9.17, 15) is 9.59 Å². The average Bonchev–Trinajstić information content (AvgIpc) is 2.47. The SMILES string of the molecule is Nc1c(Cl)cc(Cl)cc1C(=O)OCC(=O)Nc1cc(Cl)cc(Cl)c1. The minimum absolute atomic E-state index is 0.0214. The van der Waals surface area contributed by atoms with Gasteiger partial charge in [-0.2, -0.15) is 0 Å². The van der Waals surface area contributed by atoms with Crippen molar-refractivity contribution >= 4 is 69.7 Å². The Balaban J connectivity index is 2.00. The highest BCUT2D eigenvalue weighted by molar-refractivity contribution is 6.37. The quantitative estimate of drug-likeness (QED) is 0.569. The van der Waals surface area contributed by atoms with Crippen LogP contribution in [0.1, 0.15) is 10.4 Å². The van der Waals surface area contributed by atoms with E-state index >= 15 is 0 Å². The summed E-state index contributed by atoms with van der Waals surface area (Å²) in [5, 5.41) is 3.55. The summed E-state index contributed by atoms with van der Waals surface area (Å²) >= 11 is 23.3. The molecule has 24 heavy (non-hydrogen) atoms. The molecular formula is C15H10Cl4N2O3. The molecule has 0 aliphatic carbocycles. The normalized spacial score (nSPS) is 10.3. The van der Waals surface area contributed by atoms with Crippen molar-refractivity contribution in [3.05, 3.63) is 56.0 Å². The number of anilines is 2. The third-order valence-electron chi connectivity index (χ3n) is 2.79. The van der Waals surface area contributed by atoms with Gasteiger partial charge in [0.05, 0.1) is 16.3 Å². The Morgan fingerprint density at radius 3 is 2.17 bits per heavy atom. The number of nitrogens with one attached hydrogen (secondary N) is 1. The Labute approximate surface area is 157 Å². The number of amides is 1. The number of nitrogen functional groups attached to an aromatic ring is 1. The van der Waals surface area contributed by atoms with Crippen molar-refractivity contribution in [2.75, 3.05) is 17.7 Å². The number of carbonyl (C=O) groups is 2. The van der Waals surface area contributed by atoms with Crippen LogP contribution in [0.15, 0.2) is 30.3 Å². The van der Waals surface area contributed by atoms with E-state index in [-0.39, 0.29) is 21.3 Å². The van der Waals surface area contributed by atoms with Crippen LogP contribution in [0, 0.1) is 0 Å². The number of esters is 1. The summed E-state index contributed by atoms with van der Waals surface area (Å²) in [6, 6.07) is 7.22. The first kappa shape index (κ1) is 18.7. The summed E-state index contributed by atoms with van der Waals surface area (Å²) in [5.74, 6) is -1.40. The standard InChI is InChI=1S/C15H10Cl4N2O3/c16-7-1-8(17)3-10(2-7)21-13(22)6-24-15(23)11-4-9(18)5-12(19)14(11)20/h1-5H,6,20H2,(H,21,22). The molecule has 3 N–H and O–H groups in total. The smallest absolute Gasteiger partial charge is 0.340 e. The van der Waals surface area contributed by atoms with Crippen molar-refractivity contribution in [2.24, 2.45) is 0 Å². The number of halogens is 4. The minimum Gasteiger partial charge on any atom is -0.452 e. The van der Waals surface area contributed by atoms with Crippen molar-refractivity contribution in [1.29, 1.82) is 0 Å². The maximum atomic E-state index is 12.0. The second kappa shape index (κ2) is 7.94. The topological polar surface area (TPSA) is 81.4 Å². The second-order valence-corrected chi connectivity index (χ2v) is 6.35. The largest absolute Gasteiger partial charge is 0.452 e. The van der Waals surface area contributed by atoms with E-state index in [0.717, 1.165) is 0 Å². The molecule has 5 nitrogen and oxygen atoms in total. The number of benzene rings is 2. The maximum Gasteiger partial charge on any atom is 0.340 e. The zero-order valence-electron chi connectivity index (χ0n) is 11.9. The van der Waals surface area contributed by atoms with Gasteiger partial charge in [-0.05, 0) is 30.3 Å². The summed E-state index contributed by atoms with van der Waals surface area (Å²) < 4.78 is 4.90. The van der Waals surface area contributed by atoms with Crippen LogP contribution in [0.5, 0.6) is 0 Å². The molecule has 0 saturated heterocycles. The Morgan fingerprint density at radius 2 is 1.54 bits per heavy atom. The lowest BCUT2D eigenvalue weighted by molar-refractivity contribution is -0.119. The molecule has 1 amide bonds. The third kappa shape index (κ3) is 4.92. The van der Waals surface area contributed by atoms with E-state index in [4.69, 9.17) is 56.9 Å². The highest BCUT2D eigenvalue weighted by Gasteiger charge is 2.16. The second-order valence-electron chi connectivity index (χ2n) is 4.63. The molecule has 0 atom stereocenters. The van der Waals surface area contributed by atoms with Crippen LogP contribution in [-0.4, -0.2) is 18.5 Å². The summed E-state index contributed by atoms with van der Waals surface area (Å²) in [6.45, 7) is -0.535. The van der Waals surface area contributed by atoms with Gasteiger partial charge in [-0.15, -0.1) is 0 Å². The van der Waals surface area contributed by atoms with Crippen LogP contribution in [0.4, 0.5) is 11.4 Å². The van der Waals surface area contributed by atoms with Crippen LogP contribution in [0.3, 0.4) is 0 Å². The number of hydrogen-bond donors (Lipinski definition) is 2. The van der Waals surface area contributed by atoms with Gasteiger partial charge < -0.3 is 15.8 Å². The molecule has 0 bridgehead atoms. The fourth-order valence-electron chi connectivity index (χ4n) is 1.79. The lowest BCUT2D eigenvalue weighted by Crippen LogP contribution is -2.21. The molecule has 9 heteroatoms. The third-order valence-corrected chi connectivity index (χ3v) is 3.76. The molecule has 0 unspecified atom stereocenters. The lowest BCUT2D eigenvalue weighted by atomic mass is 10.2. The van der Waals surface area contributed by atoms with Gasteiger partial charge in [0.15, 0.2) is 6.61 Å². The zero-order chi connectivity index (χ0) is 17.9. The summed E-state index contributed by atoms with van der Waals surface area (Å²) in [6.07, 6.45) is 0. The maximum absolute atomic E-state index is 12.0.